The largest absolute Gasteiger partial charge is 0.458 e. The van der Waals surface area contributed by atoms with E-state index in [2.05, 4.69) is 14.8 Å². The van der Waals surface area contributed by atoms with Gasteiger partial charge >= 0.3 is 5.97 Å². The average molecular weight is 492 g/mol. The molecular weight excluding hydrogens is 466 g/mol. The van der Waals surface area contributed by atoms with Crippen molar-refractivity contribution in [2.45, 2.75) is 39.2 Å². The molecule has 1 aromatic carbocycles. The van der Waals surface area contributed by atoms with Crippen LogP contribution in [0, 0.1) is 20.8 Å². The van der Waals surface area contributed by atoms with Crippen LogP contribution in [0.3, 0.4) is 0 Å². The number of anilines is 2. The molecule has 2 aromatic heterocycles. The summed E-state index contributed by atoms with van der Waals surface area (Å²) in [5.74, 6) is -0.946. The SMILES string of the molecule is CC(=O)N(c1nc(COC(=O)CNS(=O)(=O)c2cnn(C)c2)cs1)c1c(C)cc(C)cc1C. The molecule has 0 fully saturated rings. The van der Waals surface area contributed by atoms with E-state index in [-0.39, 0.29) is 17.4 Å². The molecule has 33 heavy (non-hydrogen) atoms. The Bertz CT molecular complexity index is 1270. The fourth-order valence-corrected chi connectivity index (χ4v) is 5.17. The van der Waals surface area contributed by atoms with E-state index in [4.69, 9.17) is 4.74 Å². The van der Waals surface area contributed by atoms with E-state index >= 15 is 0 Å². The first-order valence-corrected chi connectivity index (χ1v) is 12.3. The van der Waals surface area contributed by atoms with Gasteiger partial charge in [-0.05, 0) is 31.9 Å². The van der Waals surface area contributed by atoms with Crippen molar-refractivity contribution in [1.29, 1.82) is 0 Å². The fraction of sp³-hybridized carbons (Fsp3) is 0.333. The Labute approximate surface area is 196 Å². The van der Waals surface area contributed by atoms with Gasteiger partial charge < -0.3 is 4.74 Å². The highest BCUT2D eigenvalue weighted by molar-refractivity contribution is 7.89. The maximum Gasteiger partial charge on any atom is 0.321 e. The second kappa shape index (κ2) is 9.81. The Morgan fingerprint density at radius 2 is 1.88 bits per heavy atom. The molecule has 2 heterocycles. The van der Waals surface area contributed by atoms with Crippen molar-refractivity contribution in [3.05, 3.63) is 52.3 Å². The van der Waals surface area contributed by atoms with Crippen molar-refractivity contribution in [2.75, 3.05) is 11.4 Å². The van der Waals surface area contributed by atoms with Gasteiger partial charge in [-0.25, -0.2) is 13.4 Å². The number of aromatic nitrogens is 3. The van der Waals surface area contributed by atoms with Gasteiger partial charge in [0.05, 0.1) is 17.6 Å². The number of hydrogen-bond donors (Lipinski definition) is 1. The highest BCUT2D eigenvalue weighted by atomic mass is 32.2. The minimum Gasteiger partial charge on any atom is -0.458 e. The maximum absolute atomic E-state index is 12.4. The topological polar surface area (TPSA) is 123 Å². The number of esters is 1. The molecular formula is C21H25N5O5S2. The van der Waals surface area contributed by atoms with E-state index in [9.17, 15) is 18.0 Å². The summed E-state index contributed by atoms with van der Waals surface area (Å²) >= 11 is 1.25. The molecule has 3 aromatic rings. The molecule has 0 unspecified atom stereocenters. The Morgan fingerprint density at radius 3 is 2.45 bits per heavy atom. The lowest BCUT2D eigenvalue weighted by molar-refractivity contribution is -0.143. The van der Waals surface area contributed by atoms with Crippen molar-refractivity contribution in [1.82, 2.24) is 19.5 Å². The zero-order chi connectivity index (χ0) is 24.3. The number of sulfonamides is 1. The van der Waals surface area contributed by atoms with E-state index < -0.39 is 22.5 Å². The summed E-state index contributed by atoms with van der Waals surface area (Å²) in [5.41, 5.74) is 4.23. The van der Waals surface area contributed by atoms with Crippen LogP contribution in [0.5, 0.6) is 0 Å². The van der Waals surface area contributed by atoms with Gasteiger partial charge in [0.25, 0.3) is 0 Å². The van der Waals surface area contributed by atoms with Gasteiger partial charge in [0, 0.05) is 25.5 Å². The van der Waals surface area contributed by atoms with Crippen molar-refractivity contribution in [3.63, 3.8) is 0 Å². The molecule has 3 rings (SSSR count). The van der Waals surface area contributed by atoms with Crippen LogP contribution in [-0.2, 0) is 38.0 Å². The average Bonchev–Trinajstić information content (AvgIpc) is 3.36. The van der Waals surface area contributed by atoms with Crippen LogP contribution in [0.1, 0.15) is 29.3 Å². The summed E-state index contributed by atoms with van der Waals surface area (Å²) in [6, 6.07) is 4.00. The van der Waals surface area contributed by atoms with Gasteiger partial charge in [-0.2, -0.15) is 9.82 Å². The lowest BCUT2D eigenvalue weighted by Gasteiger charge is -2.23. The number of benzene rings is 1. The molecule has 0 spiro atoms. The number of hydrogen-bond acceptors (Lipinski definition) is 8. The number of thiazole rings is 1. The highest BCUT2D eigenvalue weighted by Gasteiger charge is 2.22. The summed E-state index contributed by atoms with van der Waals surface area (Å²) < 4.78 is 33.0. The third-order valence-corrected chi connectivity index (χ3v) is 6.91. The molecule has 1 N–H and O–H groups in total. The van der Waals surface area contributed by atoms with Gasteiger partial charge in [0.1, 0.15) is 18.0 Å². The first kappa shape index (κ1) is 24.6. The lowest BCUT2D eigenvalue weighted by atomic mass is 10.0. The van der Waals surface area contributed by atoms with Gasteiger partial charge in [-0.15, -0.1) is 11.3 Å². The zero-order valence-corrected chi connectivity index (χ0v) is 20.6. The Hall–Kier alpha value is -3.09. The number of rotatable bonds is 8. The summed E-state index contributed by atoms with van der Waals surface area (Å²) in [5, 5.41) is 5.95. The summed E-state index contributed by atoms with van der Waals surface area (Å²) in [7, 11) is -2.28. The molecule has 0 saturated carbocycles. The first-order valence-electron chi connectivity index (χ1n) is 9.95. The molecule has 0 bridgehead atoms. The number of aryl methyl sites for hydroxylation is 4. The third-order valence-electron chi connectivity index (χ3n) is 4.68. The quantitative estimate of drug-likeness (QED) is 0.480. The van der Waals surface area contributed by atoms with Crippen LogP contribution in [0.25, 0.3) is 0 Å². The first-order chi connectivity index (χ1) is 15.5. The van der Waals surface area contributed by atoms with E-state index in [0.29, 0.717) is 10.8 Å². The summed E-state index contributed by atoms with van der Waals surface area (Å²) in [6.07, 6.45) is 2.51. The molecule has 0 aliphatic rings. The predicted molar refractivity (Wildman–Crippen MR) is 124 cm³/mol. The number of nitrogens with one attached hydrogen (secondary N) is 1. The molecule has 12 heteroatoms. The number of ether oxygens (including phenoxy) is 1. The molecule has 0 saturated heterocycles. The summed E-state index contributed by atoms with van der Waals surface area (Å²) in [6.45, 7) is 6.65. The van der Waals surface area contributed by atoms with Gasteiger partial charge in [-0.1, -0.05) is 17.7 Å². The van der Waals surface area contributed by atoms with E-state index in [1.54, 1.807) is 17.3 Å². The number of carbonyl (C=O) groups excluding carboxylic acids is 2. The lowest BCUT2D eigenvalue weighted by Crippen LogP contribution is -2.30. The maximum atomic E-state index is 12.4. The smallest absolute Gasteiger partial charge is 0.321 e. The van der Waals surface area contributed by atoms with Crippen LogP contribution in [0.2, 0.25) is 0 Å². The van der Waals surface area contributed by atoms with Crippen LogP contribution in [-0.4, -0.2) is 41.6 Å². The molecule has 0 aliphatic carbocycles. The van der Waals surface area contributed by atoms with Crippen LogP contribution in [0.15, 0.2) is 34.8 Å². The van der Waals surface area contributed by atoms with Crippen molar-refractivity contribution in [2.24, 2.45) is 7.05 Å². The van der Waals surface area contributed by atoms with Crippen LogP contribution < -0.4 is 9.62 Å². The molecule has 0 aliphatic heterocycles. The Morgan fingerprint density at radius 1 is 1.21 bits per heavy atom. The molecule has 10 nitrogen and oxygen atoms in total. The van der Waals surface area contributed by atoms with E-state index in [1.807, 2.05) is 32.9 Å². The van der Waals surface area contributed by atoms with Gasteiger partial charge in [0.15, 0.2) is 5.13 Å². The second-order valence-electron chi connectivity index (χ2n) is 7.56. The predicted octanol–water partition coefficient (Wildman–Crippen LogP) is 2.51. The third kappa shape index (κ3) is 5.83. The van der Waals surface area contributed by atoms with E-state index in [0.717, 1.165) is 22.4 Å². The standard InChI is InChI=1S/C21H25N5O5S2/c1-13-6-14(2)20(15(3)7-13)26(16(4)27)21-24-17(12-32-21)11-31-19(28)9-23-33(29,30)18-8-22-25(5)10-18/h6-8,10,12,23H,9,11H2,1-5H3. The molecule has 176 valence electrons. The fourth-order valence-electron chi connectivity index (χ4n) is 3.36. The molecule has 0 atom stereocenters. The second-order valence-corrected chi connectivity index (χ2v) is 10.2. The Balaban J connectivity index is 1.65. The van der Waals surface area contributed by atoms with Crippen molar-refractivity contribution in [3.8, 4) is 0 Å². The normalized spacial score (nSPS) is 11.4. The monoisotopic (exact) mass is 491 g/mol. The number of nitrogens with zero attached hydrogens (tertiary/aromatic N) is 4. The number of amides is 1. The van der Waals surface area contributed by atoms with Gasteiger partial charge in [0.2, 0.25) is 15.9 Å². The van der Waals surface area contributed by atoms with Crippen molar-refractivity contribution >= 4 is 44.1 Å². The number of carbonyl (C=O) groups is 2. The van der Waals surface area contributed by atoms with Crippen molar-refractivity contribution < 1.29 is 22.7 Å². The minimum atomic E-state index is -3.87. The minimum absolute atomic E-state index is 0.0482. The van der Waals surface area contributed by atoms with Crippen LogP contribution in [0.4, 0.5) is 10.8 Å². The van der Waals surface area contributed by atoms with Gasteiger partial charge in [-0.3, -0.25) is 19.2 Å². The summed E-state index contributed by atoms with van der Waals surface area (Å²) in [4.78, 5) is 30.4. The van der Waals surface area contributed by atoms with Crippen LogP contribution >= 0.6 is 11.3 Å². The molecule has 0 radical (unpaired) electrons. The zero-order valence-electron chi connectivity index (χ0n) is 18.9. The van der Waals surface area contributed by atoms with E-state index in [1.165, 1.54) is 35.3 Å². The molecule has 1 amide bonds. The highest BCUT2D eigenvalue weighted by Crippen LogP contribution is 2.34. The Kier molecular flexibility index (Phi) is 7.30.